The third-order valence-corrected chi connectivity index (χ3v) is 15.0. The molecule has 0 aliphatic heterocycles. The zero-order chi connectivity index (χ0) is 53.9. The van der Waals surface area contributed by atoms with Gasteiger partial charge in [0.1, 0.15) is 0 Å². The summed E-state index contributed by atoms with van der Waals surface area (Å²) < 4.78 is 0. The van der Waals surface area contributed by atoms with Gasteiger partial charge in [-0.2, -0.15) is 10.5 Å². The molecular formula is C74H44N6. The highest BCUT2D eigenvalue weighted by Gasteiger charge is 2.20. The van der Waals surface area contributed by atoms with Crippen molar-refractivity contribution < 1.29 is 0 Å². The van der Waals surface area contributed by atoms with Crippen LogP contribution in [-0.4, -0.2) is 15.0 Å². The minimum atomic E-state index is 0.516. The van der Waals surface area contributed by atoms with Crippen LogP contribution in [0.25, 0.3) is 138 Å². The normalized spacial score (nSPS) is 11.0. The van der Waals surface area contributed by atoms with Crippen molar-refractivity contribution in [2.75, 3.05) is 0 Å². The van der Waals surface area contributed by atoms with Gasteiger partial charge >= 0.3 is 0 Å². The van der Waals surface area contributed by atoms with Crippen LogP contribution in [0.2, 0.25) is 0 Å². The van der Waals surface area contributed by atoms with Crippen molar-refractivity contribution in [1.29, 1.82) is 10.5 Å². The van der Waals surface area contributed by atoms with E-state index in [4.69, 9.17) is 11.6 Å². The molecule has 0 fully saturated rings. The Kier molecular flexibility index (Phi) is 12.7. The van der Waals surface area contributed by atoms with Crippen LogP contribution in [-0.2, 0) is 0 Å². The van der Waals surface area contributed by atoms with E-state index in [0.717, 1.165) is 112 Å². The van der Waals surface area contributed by atoms with Crippen LogP contribution in [0.15, 0.2) is 267 Å². The first-order chi connectivity index (χ1) is 39.5. The fourth-order valence-electron chi connectivity index (χ4n) is 11.1. The van der Waals surface area contributed by atoms with E-state index in [1.54, 1.807) is 12.4 Å². The highest BCUT2D eigenvalue weighted by atomic mass is 14.7. The lowest BCUT2D eigenvalue weighted by Gasteiger charge is -2.19. The molecule has 3 heterocycles. The van der Waals surface area contributed by atoms with Crippen LogP contribution >= 0.6 is 0 Å². The number of nitrogens with zero attached hydrogens (tertiary/aromatic N) is 6. The topological polar surface area (TPSA) is 90.6 Å². The maximum atomic E-state index is 11.0. The van der Waals surface area contributed by atoms with E-state index in [2.05, 4.69) is 148 Å². The fourth-order valence-corrected chi connectivity index (χ4v) is 11.1. The predicted octanol–water partition coefficient (Wildman–Crippen LogP) is 19.1. The molecular weight excluding hydrogens is 973 g/mol. The molecule has 0 spiro atoms. The van der Waals surface area contributed by atoms with Crippen molar-refractivity contribution >= 4 is 27.2 Å². The van der Waals surface area contributed by atoms with E-state index < -0.39 is 0 Å². The summed E-state index contributed by atoms with van der Waals surface area (Å²) in [6, 6.07) is 89.4. The summed E-state index contributed by atoms with van der Waals surface area (Å²) in [5, 5.41) is 26.6. The zero-order valence-electron chi connectivity index (χ0n) is 43.1. The molecule has 0 saturated carbocycles. The summed E-state index contributed by atoms with van der Waals surface area (Å²) in [5.41, 5.74) is 19.3. The first-order valence-electron chi connectivity index (χ1n) is 26.3. The largest absolute Gasteiger partial charge is 0.256 e. The average molecular weight is 1020 g/mol. The van der Waals surface area contributed by atoms with Crippen LogP contribution in [0.1, 0.15) is 11.1 Å². The van der Waals surface area contributed by atoms with Gasteiger partial charge in [0.25, 0.3) is 0 Å². The second kappa shape index (κ2) is 21.0. The molecule has 80 heavy (non-hydrogen) atoms. The summed E-state index contributed by atoms with van der Waals surface area (Å²) in [5.74, 6) is 0. The molecule has 0 bridgehead atoms. The highest BCUT2D eigenvalue weighted by Crippen LogP contribution is 2.45. The van der Waals surface area contributed by atoms with Crippen molar-refractivity contribution in [1.82, 2.24) is 15.0 Å². The molecule has 6 nitrogen and oxygen atoms in total. The van der Waals surface area contributed by atoms with Gasteiger partial charge in [0.05, 0.1) is 46.9 Å². The quantitative estimate of drug-likeness (QED) is 0.101. The van der Waals surface area contributed by atoms with Crippen molar-refractivity contribution in [3.8, 4) is 124 Å². The third-order valence-electron chi connectivity index (χ3n) is 15.0. The number of hydrogen-bond donors (Lipinski definition) is 0. The van der Waals surface area contributed by atoms with Gasteiger partial charge in [-0.1, -0.05) is 170 Å². The van der Waals surface area contributed by atoms with Crippen LogP contribution < -0.4 is 0 Å². The van der Waals surface area contributed by atoms with Gasteiger partial charge < -0.3 is 0 Å². The first-order valence-corrected chi connectivity index (χ1v) is 26.3. The van der Waals surface area contributed by atoms with Crippen molar-refractivity contribution in [3.05, 3.63) is 290 Å². The van der Waals surface area contributed by atoms with Gasteiger partial charge in [-0.15, -0.1) is 0 Å². The Morgan fingerprint density at radius 3 is 1.27 bits per heavy atom. The Bertz CT molecular complexity index is 4530. The van der Waals surface area contributed by atoms with E-state index in [1.165, 1.54) is 21.5 Å². The van der Waals surface area contributed by atoms with Crippen molar-refractivity contribution in [2.24, 2.45) is 0 Å². The number of hydrogen-bond acceptors (Lipinski definition) is 5. The standard InChI is InChI=1S/C74H44N6/c1-77-74-45-54(72-23-11-13-36-79-72)29-33-70(74)69-21-9-6-18-63(69)57-42-55(61-16-4-7-19-67(61)65-31-27-52(39-58(65)46-75)71-22-10-12-35-78-71)41-56(43-57)62-17-5-8-20-68(62)66-32-28-53(40-59(66)47-76)73-44-50(34-37-80-73)49-26-30-64-51(38-49)25-24-48-14-2-3-15-60(48)64/h2-45H. The Morgan fingerprint density at radius 2 is 0.725 bits per heavy atom. The van der Waals surface area contributed by atoms with Gasteiger partial charge in [-0.25, -0.2) is 4.85 Å². The number of pyridine rings is 3. The third kappa shape index (κ3) is 9.10. The fraction of sp³-hybridized carbons (Fsp3) is 0. The second-order valence-electron chi connectivity index (χ2n) is 19.6. The van der Waals surface area contributed by atoms with E-state index in [-0.39, 0.29) is 0 Å². The highest BCUT2D eigenvalue weighted by molar-refractivity contribution is 6.08. The van der Waals surface area contributed by atoms with Crippen LogP contribution in [0.3, 0.4) is 0 Å². The Balaban J connectivity index is 0.942. The number of fused-ring (bicyclic) bond motifs is 3. The van der Waals surface area contributed by atoms with E-state index in [1.807, 2.05) is 134 Å². The predicted molar refractivity (Wildman–Crippen MR) is 325 cm³/mol. The van der Waals surface area contributed by atoms with E-state index >= 15 is 0 Å². The summed E-state index contributed by atoms with van der Waals surface area (Å²) in [6.45, 7) is 8.40. The lowest BCUT2D eigenvalue weighted by Crippen LogP contribution is -1.94. The molecule has 0 aliphatic rings. The zero-order valence-corrected chi connectivity index (χ0v) is 43.1. The second-order valence-corrected chi connectivity index (χ2v) is 19.6. The number of rotatable bonds is 10. The average Bonchev–Trinajstić information content (AvgIpc) is 3.59. The lowest BCUT2D eigenvalue weighted by molar-refractivity contribution is 1.32. The van der Waals surface area contributed by atoms with Crippen LogP contribution in [0.5, 0.6) is 0 Å². The van der Waals surface area contributed by atoms with Crippen molar-refractivity contribution in [3.63, 3.8) is 0 Å². The number of aromatic nitrogens is 3. The summed E-state index contributed by atoms with van der Waals surface area (Å²) in [7, 11) is 0. The molecule has 0 radical (unpaired) electrons. The van der Waals surface area contributed by atoms with Gasteiger partial charge in [0.15, 0.2) is 5.69 Å². The molecule has 0 aliphatic carbocycles. The molecule has 0 atom stereocenters. The van der Waals surface area contributed by atoms with E-state index in [0.29, 0.717) is 16.8 Å². The first kappa shape index (κ1) is 48.3. The molecule has 0 N–H and O–H groups in total. The van der Waals surface area contributed by atoms with Gasteiger partial charge in [-0.05, 0) is 173 Å². The summed E-state index contributed by atoms with van der Waals surface area (Å²) in [6.07, 6.45) is 5.35. The molecule has 0 saturated heterocycles. The number of benzene rings is 10. The smallest absolute Gasteiger partial charge is 0.195 e. The molecule has 370 valence electrons. The molecule has 6 heteroatoms. The molecule has 10 aromatic carbocycles. The SMILES string of the molecule is [C-]#[N+]c1cc(-c2ccccn2)ccc1-c1ccccc1-c1cc(-c2ccccc2-c2ccc(-c3ccccn3)cc2C#N)cc(-c2ccccc2-c2ccc(-c3cc(-c4ccc5c(ccc6ccccc65)c4)ccn3)cc2C#N)c1. The van der Waals surface area contributed by atoms with E-state index in [9.17, 15) is 10.5 Å². The molecule has 13 rings (SSSR count). The van der Waals surface area contributed by atoms with Crippen LogP contribution in [0, 0.1) is 29.2 Å². The Labute approximate surface area is 464 Å². The lowest BCUT2D eigenvalue weighted by atomic mass is 9.85. The summed E-state index contributed by atoms with van der Waals surface area (Å²) >= 11 is 0. The minimum absolute atomic E-state index is 0.516. The molecule has 3 aromatic heterocycles. The van der Waals surface area contributed by atoms with Crippen LogP contribution in [0.4, 0.5) is 5.69 Å². The van der Waals surface area contributed by atoms with Crippen molar-refractivity contribution in [2.45, 2.75) is 0 Å². The minimum Gasteiger partial charge on any atom is -0.256 e. The maximum absolute atomic E-state index is 11.0. The molecule has 13 aromatic rings. The summed E-state index contributed by atoms with van der Waals surface area (Å²) in [4.78, 5) is 18.0. The molecule has 0 unspecified atom stereocenters. The maximum Gasteiger partial charge on any atom is 0.195 e. The monoisotopic (exact) mass is 1020 g/mol. The Hall–Kier alpha value is -11.4. The van der Waals surface area contributed by atoms with Gasteiger partial charge in [0.2, 0.25) is 0 Å². The molecule has 0 amide bonds. The van der Waals surface area contributed by atoms with Gasteiger partial charge in [-0.3, -0.25) is 15.0 Å². The Morgan fingerprint density at radius 1 is 0.287 bits per heavy atom. The number of nitriles is 2. The van der Waals surface area contributed by atoms with Gasteiger partial charge in [0, 0.05) is 40.8 Å².